The first-order valence-electron chi connectivity index (χ1n) is 6.12. The Morgan fingerprint density at radius 1 is 1.05 bits per heavy atom. The molecule has 0 atom stereocenters. The van der Waals surface area contributed by atoms with Gasteiger partial charge in [0.25, 0.3) is 0 Å². The molecule has 0 amide bonds. The molecule has 0 aliphatic carbocycles. The van der Waals surface area contributed by atoms with Crippen molar-refractivity contribution >= 4 is 46.2 Å². The molecule has 0 spiro atoms. The fourth-order valence-corrected chi connectivity index (χ4v) is 2.47. The lowest BCUT2D eigenvalue weighted by atomic mass is 10.2. The standard InChI is InChI=1S/C15H15Cl3N2/c1-20(2)14-7-6-11(16)8-13(14)19-9-10-4-3-5-12(17)15(10)18/h3-8,19H,9H2,1-2H3. The smallest absolute Gasteiger partial charge is 0.0642 e. The van der Waals surface area contributed by atoms with E-state index in [4.69, 9.17) is 34.8 Å². The van der Waals surface area contributed by atoms with Crippen molar-refractivity contribution in [1.29, 1.82) is 0 Å². The zero-order chi connectivity index (χ0) is 14.7. The highest BCUT2D eigenvalue weighted by Crippen LogP contribution is 2.30. The molecular weight excluding hydrogens is 315 g/mol. The van der Waals surface area contributed by atoms with Crippen LogP contribution in [-0.2, 0) is 6.54 Å². The van der Waals surface area contributed by atoms with Crippen LogP contribution in [0.4, 0.5) is 11.4 Å². The number of benzene rings is 2. The van der Waals surface area contributed by atoms with Crippen LogP contribution in [0.1, 0.15) is 5.56 Å². The summed E-state index contributed by atoms with van der Waals surface area (Å²) in [5, 5.41) is 5.18. The molecule has 20 heavy (non-hydrogen) atoms. The molecular formula is C15H15Cl3N2. The third kappa shape index (κ3) is 3.51. The van der Waals surface area contributed by atoms with Crippen LogP contribution < -0.4 is 10.2 Å². The van der Waals surface area contributed by atoms with Crippen molar-refractivity contribution in [3.05, 3.63) is 57.0 Å². The first kappa shape index (κ1) is 15.3. The average molecular weight is 330 g/mol. The maximum absolute atomic E-state index is 6.18. The van der Waals surface area contributed by atoms with Gasteiger partial charge in [-0.2, -0.15) is 0 Å². The van der Waals surface area contributed by atoms with Crippen LogP contribution in [-0.4, -0.2) is 14.1 Å². The van der Waals surface area contributed by atoms with E-state index in [9.17, 15) is 0 Å². The third-order valence-electron chi connectivity index (χ3n) is 2.94. The van der Waals surface area contributed by atoms with Crippen molar-refractivity contribution in [2.24, 2.45) is 0 Å². The van der Waals surface area contributed by atoms with Crippen LogP contribution in [0.5, 0.6) is 0 Å². The van der Waals surface area contributed by atoms with E-state index in [1.54, 1.807) is 6.07 Å². The zero-order valence-electron chi connectivity index (χ0n) is 11.3. The Morgan fingerprint density at radius 2 is 1.80 bits per heavy atom. The lowest BCUT2D eigenvalue weighted by Gasteiger charge is -2.19. The van der Waals surface area contributed by atoms with E-state index in [0.29, 0.717) is 21.6 Å². The Balaban J connectivity index is 2.22. The largest absolute Gasteiger partial charge is 0.379 e. The van der Waals surface area contributed by atoms with E-state index in [1.165, 1.54) is 0 Å². The van der Waals surface area contributed by atoms with Gasteiger partial charge in [-0.25, -0.2) is 0 Å². The van der Waals surface area contributed by atoms with E-state index < -0.39 is 0 Å². The predicted octanol–water partition coefficient (Wildman–Crippen LogP) is 5.32. The monoisotopic (exact) mass is 328 g/mol. The van der Waals surface area contributed by atoms with E-state index in [1.807, 2.05) is 49.3 Å². The molecule has 2 aromatic carbocycles. The minimum atomic E-state index is 0.560. The molecule has 0 unspecified atom stereocenters. The average Bonchev–Trinajstić information content (AvgIpc) is 2.40. The van der Waals surface area contributed by atoms with Crippen molar-refractivity contribution in [3.63, 3.8) is 0 Å². The van der Waals surface area contributed by atoms with Crippen LogP contribution in [0, 0.1) is 0 Å². The number of anilines is 2. The van der Waals surface area contributed by atoms with Crippen molar-refractivity contribution in [2.45, 2.75) is 6.54 Å². The van der Waals surface area contributed by atoms with Gasteiger partial charge in [-0.1, -0.05) is 46.9 Å². The van der Waals surface area contributed by atoms with Gasteiger partial charge >= 0.3 is 0 Å². The summed E-state index contributed by atoms with van der Waals surface area (Å²) in [6.45, 7) is 0.584. The number of hydrogen-bond donors (Lipinski definition) is 1. The lowest BCUT2D eigenvalue weighted by Crippen LogP contribution is -2.12. The van der Waals surface area contributed by atoms with Crippen molar-refractivity contribution in [1.82, 2.24) is 0 Å². The highest BCUT2D eigenvalue weighted by Gasteiger charge is 2.08. The van der Waals surface area contributed by atoms with Crippen molar-refractivity contribution in [2.75, 3.05) is 24.3 Å². The molecule has 5 heteroatoms. The van der Waals surface area contributed by atoms with Gasteiger partial charge in [0.05, 0.1) is 21.4 Å². The van der Waals surface area contributed by atoms with Gasteiger partial charge in [0.2, 0.25) is 0 Å². The molecule has 0 saturated carbocycles. The molecule has 0 aliphatic heterocycles. The summed E-state index contributed by atoms with van der Waals surface area (Å²) in [4.78, 5) is 2.03. The SMILES string of the molecule is CN(C)c1ccc(Cl)cc1NCc1cccc(Cl)c1Cl. The molecule has 2 aromatic rings. The molecule has 2 rings (SSSR count). The van der Waals surface area contributed by atoms with Gasteiger partial charge < -0.3 is 10.2 Å². The fraction of sp³-hybridized carbons (Fsp3) is 0.200. The molecule has 2 nitrogen and oxygen atoms in total. The van der Waals surface area contributed by atoms with Crippen LogP contribution in [0.2, 0.25) is 15.1 Å². The second-order valence-electron chi connectivity index (χ2n) is 4.62. The number of nitrogens with zero attached hydrogens (tertiary/aromatic N) is 1. The van der Waals surface area contributed by atoms with Crippen LogP contribution in [0.3, 0.4) is 0 Å². The number of nitrogens with one attached hydrogen (secondary N) is 1. The lowest BCUT2D eigenvalue weighted by molar-refractivity contribution is 1.10. The Labute approximate surface area is 134 Å². The fourth-order valence-electron chi connectivity index (χ4n) is 1.92. The zero-order valence-corrected chi connectivity index (χ0v) is 13.5. The molecule has 106 valence electrons. The van der Waals surface area contributed by atoms with Crippen LogP contribution in [0.15, 0.2) is 36.4 Å². The molecule has 0 fully saturated rings. The summed E-state index contributed by atoms with van der Waals surface area (Å²) in [5.74, 6) is 0. The number of hydrogen-bond acceptors (Lipinski definition) is 2. The Bertz CT molecular complexity index is 612. The van der Waals surface area contributed by atoms with Gasteiger partial charge in [-0.15, -0.1) is 0 Å². The first-order chi connectivity index (χ1) is 9.49. The van der Waals surface area contributed by atoms with Crippen LogP contribution >= 0.6 is 34.8 Å². The normalized spacial score (nSPS) is 10.4. The summed E-state index contributed by atoms with van der Waals surface area (Å²) in [6, 6.07) is 11.4. The number of halogens is 3. The minimum absolute atomic E-state index is 0.560. The Hall–Kier alpha value is -1.09. The van der Waals surface area contributed by atoms with Gasteiger partial charge in [-0.3, -0.25) is 0 Å². The summed E-state index contributed by atoms with van der Waals surface area (Å²) >= 11 is 18.3. The molecule has 1 N–H and O–H groups in total. The van der Waals surface area contributed by atoms with Gasteiger partial charge in [0.15, 0.2) is 0 Å². The maximum Gasteiger partial charge on any atom is 0.0642 e. The van der Waals surface area contributed by atoms with Crippen molar-refractivity contribution < 1.29 is 0 Å². The molecule has 0 bridgehead atoms. The highest BCUT2D eigenvalue weighted by atomic mass is 35.5. The van der Waals surface area contributed by atoms with Crippen molar-refractivity contribution in [3.8, 4) is 0 Å². The summed E-state index contributed by atoms with van der Waals surface area (Å²) in [7, 11) is 3.97. The molecule has 0 saturated heterocycles. The quantitative estimate of drug-likeness (QED) is 0.816. The minimum Gasteiger partial charge on any atom is -0.379 e. The number of rotatable bonds is 4. The van der Waals surface area contributed by atoms with Crippen LogP contribution in [0.25, 0.3) is 0 Å². The molecule has 0 aliphatic rings. The van der Waals surface area contributed by atoms with Gasteiger partial charge in [0.1, 0.15) is 0 Å². The molecule has 0 aromatic heterocycles. The van der Waals surface area contributed by atoms with Gasteiger partial charge in [-0.05, 0) is 29.8 Å². The van der Waals surface area contributed by atoms with E-state index >= 15 is 0 Å². The predicted molar refractivity (Wildman–Crippen MR) is 89.6 cm³/mol. The van der Waals surface area contributed by atoms with E-state index in [-0.39, 0.29) is 0 Å². The summed E-state index contributed by atoms with van der Waals surface area (Å²) in [5.41, 5.74) is 2.97. The summed E-state index contributed by atoms with van der Waals surface area (Å²) < 4.78 is 0. The van der Waals surface area contributed by atoms with Gasteiger partial charge in [0, 0.05) is 25.7 Å². The summed E-state index contributed by atoms with van der Waals surface area (Å²) in [6.07, 6.45) is 0. The molecule has 0 heterocycles. The van der Waals surface area contributed by atoms with E-state index in [2.05, 4.69) is 5.32 Å². The second kappa shape index (κ2) is 6.57. The maximum atomic E-state index is 6.18. The molecule has 0 radical (unpaired) electrons. The highest BCUT2D eigenvalue weighted by molar-refractivity contribution is 6.42. The second-order valence-corrected chi connectivity index (χ2v) is 5.84. The first-order valence-corrected chi connectivity index (χ1v) is 7.26. The Kier molecular flexibility index (Phi) is 5.03. The van der Waals surface area contributed by atoms with E-state index in [0.717, 1.165) is 16.9 Å². The third-order valence-corrected chi connectivity index (χ3v) is 4.03. The topological polar surface area (TPSA) is 15.3 Å². The Morgan fingerprint density at radius 3 is 2.50 bits per heavy atom.